The molecule has 1 heterocycles. The smallest absolute Gasteiger partial charge is 0.224 e. The molecule has 1 saturated carbocycles. The molecule has 1 aromatic heterocycles. The lowest BCUT2D eigenvalue weighted by molar-refractivity contribution is 0.293. The molecule has 1 fully saturated rings. The maximum absolute atomic E-state index is 6.13. The van der Waals surface area contributed by atoms with Crippen molar-refractivity contribution in [3.63, 3.8) is 0 Å². The Morgan fingerprint density at radius 2 is 2.21 bits per heavy atom. The van der Waals surface area contributed by atoms with Gasteiger partial charge in [-0.25, -0.2) is 4.98 Å². The van der Waals surface area contributed by atoms with Gasteiger partial charge in [0.2, 0.25) is 5.95 Å². The predicted octanol–water partition coefficient (Wildman–Crippen LogP) is 3.80. The minimum absolute atomic E-state index is 0.588. The van der Waals surface area contributed by atoms with Crippen molar-refractivity contribution >= 4 is 23.4 Å². The summed E-state index contributed by atoms with van der Waals surface area (Å²) in [6.45, 7) is 6.12. The van der Waals surface area contributed by atoms with Crippen LogP contribution in [0.5, 0.6) is 0 Å². The molecule has 5 heteroatoms. The van der Waals surface area contributed by atoms with Gasteiger partial charge in [-0.3, -0.25) is 0 Å². The lowest BCUT2D eigenvalue weighted by Crippen LogP contribution is -2.21. The molecule has 0 saturated heterocycles. The van der Waals surface area contributed by atoms with E-state index in [2.05, 4.69) is 27.5 Å². The summed E-state index contributed by atoms with van der Waals surface area (Å²) < 4.78 is 0. The summed E-state index contributed by atoms with van der Waals surface area (Å²) in [5.74, 6) is 2.95. The van der Waals surface area contributed by atoms with Gasteiger partial charge in [0.1, 0.15) is 10.8 Å². The van der Waals surface area contributed by atoms with Gasteiger partial charge in [0.15, 0.2) is 0 Å². The van der Waals surface area contributed by atoms with Crippen LogP contribution in [0.25, 0.3) is 0 Å². The number of aromatic nitrogens is 2. The Morgan fingerprint density at radius 3 is 2.95 bits per heavy atom. The third-order valence-electron chi connectivity index (χ3n) is 3.68. The van der Waals surface area contributed by atoms with E-state index in [1.807, 2.05) is 6.92 Å². The summed E-state index contributed by atoms with van der Waals surface area (Å²) in [6.07, 6.45) is 6.97. The van der Waals surface area contributed by atoms with Crippen LogP contribution >= 0.6 is 11.6 Å². The largest absolute Gasteiger partial charge is 0.368 e. The molecule has 1 aliphatic rings. The molecule has 0 spiro atoms. The van der Waals surface area contributed by atoms with Gasteiger partial charge in [-0.15, -0.1) is 0 Å². The van der Waals surface area contributed by atoms with E-state index in [9.17, 15) is 0 Å². The molecule has 0 aliphatic heterocycles. The summed E-state index contributed by atoms with van der Waals surface area (Å²) in [5.41, 5.74) is 0. The Morgan fingerprint density at radius 1 is 1.37 bits per heavy atom. The van der Waals surface area contributed by atoms with E-state index in [0.717, 1.165) is 30.7 Å². The van der Waals surface area contributed by atoms with E-state index < -0.39 is 0 Å². The third kappa shape index (κ3) is 4.23. The van der Waals surface area contributed by atoms with Crippen LogP contribution in [0.3, 0.4) is 0 Å². The second kappa shape index (κ2) is 6.94. The van der Waals surface area contributed by atoms with E-state index in [-0.39, 0.29) is 0 Å². The number of nitrogens with one attached hydrogen (secondary N) is 2. The molecule has 19 heavy (non-hydrogen) atoms. The fourth-order valence-electron chi connectivity index (χ4n) is 2.72. The summed E-state index contributed by atoms with van der Waals surface area (Å²) >= 11 is 6.13. The van der Waals surface area contributed by atoms with Crippen molar-refractivity contribution in [3.05, 3.63) is 11.2 Å². The van der Waals surface area contributed by atoms with Gasteiger partial charge in [0.05, 0.1) is 6.20 Å². The Bertz CT molecular complexity index is 410. The number of rotatable bonds is 5. The zero-order chi connectivity index (χ0) is 13.7. The average Bonchev–Trinajstić information content (AvgIpc) is 2.40. The number of hydrogen-bond donors (Lipinski definition) is 2. The first-order chi connectivity index (χ1) is 9.19. The van der Waals surface area contributed by atoms with Gasteiger partial charge in [-0.05, 0) is 31.6 Å². The summed E-state index contributed by atoms with van der Waals surface area (Å²) in [4.78, 5) is 8.54. The molecule has 106 valence electrons. The molecule has 2 atom stereocenters. The quantitative estimate of drug-likeness (QED) is 0.862. The van der Waals surface area contributed by atoms with Crippen LogP contribution in [-0.2, 0) is 0 Å². The highest BCUT2D eigenvalue weighted by molar-refractivity contribution is 6.32. The zero-order valence-corrected chi connectivity index (χ0v) is 12.5. The van der Waals surface area contributed by atoms with Gasteiger partial charge in [0.25, 0.3) is 0 Å². The van der Waals surface area contributed by atoms with E-state index in [1.165, 1.54) is 25.7 Å². The van der Waals surface area contributed by atoms with E-state index in [4.69, 9.17) is 11.6 Å². The third-order valence-corrected chi connectivity index (χ3v) is 3.96. The Kier molecular flexibility index (Phi) is 5.25. The van der Waals surface area contributed by atoms with Crippen molar-refractivity contribution in [3.8, 4) is 0 Å². The minimum atomic E-state index is 0.588. The summed E-state index contributed by atoms with van der Waals surface area (Å²) in [6, 6.07) is 0. The van der Waals surface area contributed by atoms with Crippen LogP contribution in [0.1, 0.15) is 39.5 Å². The first kappa shape index (κ1) is 14.4. The maximum atomic E-state index is 6.13. The van der Waals surface area contributed by atoms with Crippen molar-refractivity contribution < 1.29 is 0 Å². The van der Waals surface area contributed by atoms with E-state index in [0.29, 0.717) is 11.0 Å². The van der Waals surface area contributed by atoms with Crippen LogP contribution in [0.4, 0.5) is 11.8 Å². The predicted molar refractivity (Wildman–Crippen MR) is 80.8 cm³/mol. The van der Waals surface area contributed by atoms with Gasteiger partial charge in [0, 0.05) is 13.1 Å². The van der Waals surface area contributed by atoms with Crippen molar-refractivity contribution in [1.29, 1.82) is 0 Å². The highest BCUT2D eigenvalue weighted by Gasteiger charge is 2.19. The molecule has 2 N–H and O–H groups in total. The molecular weight excluding hydrogens is 260 g/mol. The Balaban J connectivity index is 1.92. The van der Waals surface area contributed by atoms with Crippen LogP contribution in [0.2, 0.25) is 5.02 Å². The number of halogens is 1. The van der Waals surface area contributed by atoms with Crippen LogP contribution in [0.15, 0.2) is 6.20 Å². The second-order valence-corrected chi connectivity index (χ2v) is 5.85. The molecule has 2 unspecified atom stereocenters. The van der Waals surface area contributed by atoms with Crippen molar-refractivity contribution in [2.75, 3.05) is 23.7 Å². The van der Waals surface area contributed by atoms with Gasteiger partial charge in [-0.1, -0.05) is 31.4 Å². The van der Waals surface area contributed by atoms with Gasteiger partial charge >= 0.3 is 0 Å². The molecule has 0 bridgehead atoms. The summed E-state index contributed by atoms with van der Waals surface area (Å²) in [7, 11) is 0. The Hall–Kier alpha value is -1.03. The van der Waals surface area contributed by atoms with Crippen LogP contribution in [0, 0.1) is 11.8 Å². The zero-order valence-electron chi connectivity index (χ0n) is 11.7. The molecule has 2 rings (SSSR count). The fraction of sp³-hybridized carbons (Fsp3) is 0.714. The Labute approximate surface area is 120 Å². The SMILES string of the molecule is CCNc1ncc(Cl)c(NCC2CCCC(C)C2)n1. The lowest BCUT2D eigenvalue weighted by Gasteiger charge is -2.27. The first-order valence-corrected chi connectivity index (χ1v) is 7.57. The van der Waals surface area contributed by atoms with Crippen molar-refractivity contribution in [1.82, 2.24) is 9.97 Å². The molecule has 0 radical (unpaired) electrons. The molecule has 0 amide bonds. The van der Waals surface area contributed by atoms with Crippen LogP contribution in [-0.4, -0.2) is 23.1 Å². The van der Waals surface area contributed by atoms with E-state index >= 15 is 0 Å². The average molecular weight is 283 g/mol. The molecule has 4 nitrogen and oxygen atoms in total. The highest BCUT2D eigenvalue weighted by atomic mass is 35.5. The number of nitrogens with zero attached hydrogens (tertiary/aromatic N) is 2. The first-order valence-electron chi connectivity index (χ1n) is 7.19. The topological polar surface area (TPSA) is 49.8 Å². The highest BCUT2D eigenvalue weighted by Crippen LogP contribution is 2.29. The van der Waals surface area contributed by atoms with Crippen molar-refractivity contribution in [2.24, 2.45) is 11.8 Å². The minimum Gasteiger partial charge on any atom is -0.368 e. The van der Waals surface area contributed by atoms with Crippen molar-refractivity contribution in [2.45, 2.75) is 39.5 Å². The number of hydrogen-bond acceptors (Lipinski definition) is 4. The summed E-state index contributed by atoms with van der Waals surface area (Å²) in [5, 5.41) is 7.07. The van der Waals surface area contributed by atoms with Gasteiger partial charge in [-0.2, -0.15) is 4.98 Å². The molecular formula is C14H23ClN4. The fourth-order valence-corrected chi connectivity index (χ4v) is 2.88. The van der Waals surface area contributed by atoms with Gasteiger partial charge < -0.3 is 10.6 Å². The standard InChI is InChI=1S/C14H23ClN4/c1-3-16-14-18-9-12(15)13(19-14)17-8-11-6-4-5-10(2)7-11/h9-11H,3-8H2,1-2H3,(H2,16,17,18,19). The second-order valence-electron chi connectivity index (χ2n) is 5.44. The van der Waals surface area contributed by atoms with Crippen LogP contribution < -0.4 is 10.6 Å². The molecule has 1 aromatic rings. The maximum Gasteiger partial charge on any atom is 0.224 e. The lowest BCUT2D eigenvalue weighted by atomic mass is 9.82. The number of anilines is 2. The monoisotopic (exact) mass is 282 g/mol. The molecule has 1 aliphatic carbocycles. The van der Waals surface area contributed by atoms with E-state index in [1.54, 1.807) is 6.20 Å². The normalized spacial score (nSPS) is 23.1. The molecule has 0 aromatic carbocycles.